The molecule has 2 saturated carbocycles. The molecule has 0 amide bonds. The maximum Gasteiger partial charge on any atom is 0.174 e. The molecule has 0 aromatic carbocycles. The molecule has 1 aliphatic heterocycles. The number of rotatable bonds is 0. The number of carbonyl (C=O) groups is 1. The summed E-state index contributed by atoms with van der Waals surface area (Å²) in [5.41, 5.74) is 0.0808. The minimum Gasteiger partial charge on any atom is -0.347 e. The van der Waals surface area contributed by atoms with Crippen molar-refractivity contribution in [3.8, 4) is 0 Å². The van der Waals surface area contributed by atoms with Crippen molar-refractivity contribution >= 4 is 5.78 Å². The van der Waals surface area contributed by atoms with Crippen LogP contribution in [-0.4, -0.2) is 24.8 Å². The van der Waals surface area contributed by atoms with Gasteiger partial charge in [-0.15, -0.1) is 0 Å². The summed E-state index contributed by atoms with van der Waals surface area (Å²) >= 11 is 0. The Kier molecular flexibility index (Phi) is 1.99. The van der Waals surface area contributed by atoms with E-state index in [1.165, 1.54) is 0 Å². The molecule has 2 aliphatic carbocycles. The average Bonchev–Trinajstić information content (AvgIpc) is 2.78. The topological polar surface area (TPSA) is 35.5 Å². The second-order valence-electron chi connectivity index (χ2n) is 5.35. The lowest BCUT2D eigenvalue weighted by Gasteiger charge is -2.44. The van der Waals surface area contributed by atoms with Crippen molar-refractivity contribution in [1.82, 2.24) is 0 Å². The van der Waals surface area contributed by atoms with Gasteiger partial charge in [-0.05, 0) is 18.8 Å². The van der Waals surface area contributed by atoms with Crippen LogP contribution >= 0.6 is 0 Å². The number of ketones is 1. The summed E-state index contributed by atoms with van der Waals surface area (Å²) in [6, 6.07) is 0. The molecule has 0 aromatic rings. The van der Waals surface area contributed by atoms with Gasteiger partial charge in [-0.25, -0.2) is 0 Å². The van der Waals surface area contributed by atoms with Crippen LogP contribution in [0.2, 0.25) is 0 Å². The van der Waals surface area contributed by atoms with E-state index in [-0.39, 0.29) is 11.2 Å². The molecule has 3 aliphatic rings. The van der Waals surface area contributed by atoms with E-state index >= 15 is 0 Å². The molecule has 0 bridgehead atoms. The molecule has 1 spiro atoms. The molecule has 3 rings (SSSR count). The van der Waals surface area contributed by atoms with E-state index in [0.29, 0.717) is 18.1 Å². The number of hydrogen-bond donors (Lipinski definition) is 0. The third-order valence-electron chi connectivity index (χ3n) is 4.74. The van der Waals surface area contributed by atoms with Crippen LogP contribution in [0.5, 0.6) is 0 Å². The van der Waals surface area contributed by atoms with E-state index in [9.17, 15) is 4.79 Å². The summed E-state index contributed by atoms with van der Waals surface area (Å²) in [4.78, 5) is 11.5. The van der Waals surface area contributed by atoms with Gasteiger partial charge in [-0.1, -0.05) is 6.92 Å². The minimum absolute atomic E-state index is 0.0808. The SMILES string of the molecule is C[C@@]12CCC(=O)C[C@H]1CCC21OCCO1. The molecule has 0 radical (unpaired) electrons. The Morgan fingerprint density at radius 2 is 2.00 bits per heavy atom. The first-order chi connectivity index (χ1) is 7.16. The van der Waals surface area contributed by atoms with Crippen LogP contribution in [0.1, 0.15) is 39.0 Å². The quantitative estimate of drug-likeness (QED) is 0.612. The smallest absolute Gasteiger partial charge is 0.174 e. The van der Waals surface area contributed by atoms with Crippen molar-refractivity contribution in [3.05, 3.63) is 0 Å². The van der Waals surface area contributed by atoms with Crippen molar-refractivity contribution in [2.75, 3.05) is 13.2 Å². The summed E-state index contributed by atoms with van der Waals surface area (Å²) in [5.74, 6) is 0.558. The lowest BCUT2D eigenvalue weighted by atomic mass is 9.67. The van der Waals surface area contributed by atoms with E-state index in [1.54, 1.807) is 0 Å². The molecular formula is C12H18O3. The van der Waals surface area contributed by atoms with E-state index in [0.717, 1.165) is 38.9 Å². The van der Waals surface area contributed by atoms with Crippen LogP contribution in [0, 0.1) is 11.3 Å². The van der Waals surface area contributed by atoms with Crippen LogP contribution < -0.4 is 0 Å². The third-order valence-corrected chi connectivity index (χ3v) is 4.74. The third kappa shape index (κ3) is 1.16. The second kappa shape index (κ2) is 3.05. The van der Waals surface area contributed by atoms with Crippen molar-refractivity contribution in [2.45, 2.75) is 44.8 Å². The monoisotopic (exact) mass is 210 g/mol. The van der Waals surface area contributed by atoms with Crippen LogP contribution in [0.25, 0.3) is 0 Å². The van der Waals surface area contributed by atoms with Gasteiger partial charge in [0.1, 0.15) is 5.78 Å². The summed E-state index contributed by atoms with van der Waals surface area (Å²) in [6.07, 6.45) is 4.45. The summed E-state index contributed by atoms with van der Waals surface area (Å²) in [7, 11) is 0. The van der Waals surface area contributed by atoms with Gasteiger partial charge in [0, 0.05) is 24.7 Å². The van der Waals surface area contributed by atoms with Crippen molar-refractivity contribution in [2.24, 2.45) is 11.3 Å². The van der Waals surface area contributed by atoms with Gasteiger partial charge in [0.05, 0.1) is 13.2 Å². The first-order valence-electron chi connectivity index (χ1n) is 5.96. The van der Waals surface area contributed by atoms with E-state index in [2.05, 4.69) is 6.92 Å². The van der Waals surface area contributed by atoms with Gasteiger partial charge < -0.3 is 9.47 Å². The fraction of sp³-hybridized carbons (Fsp3) is 0.917. The predicted octanol–water partition coefficient (Wildman–Crippen LogP) is 1.90. The number of Topliss-reactive ketones (excluding diaryl/α,β-unsaturated/α-hetero) is 1. The molecule has 0 aromatic heterocycles. The van der Waals surface area contributed by atoms with Crippen LogP contribution in [-0.2, 0) is 14.3 Å². The highest BCUT2D eigenvalue weighted by Crippen LogP contribution is 2.59. The molecule has 15 heavy (non-hydrogen) atoms. The normalized spacial score (nSPS) is 43.5. The average molecular weight is 210 g/mol. The molecule has 0 unspecified atom stereocenters. The zero-order valence-corrected chi connectivity index (χ0v) is 9.25. The maximum absolute atomic E-state index is 11.5. The van der Waals surface area contributed by atoms with Gasteiger partial charge in [-0.2, -0.15) is 0 Å². The lowest BCUT2D eigenvalue weighted by Crippen LogP contribution is -2.48. The number of ether oxygens (including phenoxy) is 2. The standard InChI is InChI=1S/C12H18O3/c1-11-4-3-10(13)8-9(11)2-5-12(11)14-6-7-15-12/h9H,2-8H2,1H3/t9-,11-/m1/s1. The zero-order valence-electron chi connectivity index (χ0n) is 9.25. The highest BCUT2D eigenvalue weighted by atomic mass is 16.7. The molecular weight excluding hydrogens is 192 g/mol. The summed E-state index contributed by atoms with van der Waals surface area (Å²) in [5, 5.41) is 0. The first kappa shape index (κ1) is 9.79. The maximum atomic E-state index is 11.5. The lowest BCUT2D eigenvalue weighted by molar-refractivity contribution is -0.229. The number of carbonyl (C=O) groups excluding carboxylic acids is 1. The highest BCUT2D eigenvalue weighted by molar-refractivity contribution is 5.79. The van der Waals surface area contributed by atoms with Gasteiger partial charge in [0.15, 0.2) is 5.79 Å². The number of hydrogen-bond acceptors (Lipinski definition) is 3. The second-order valence-corrected chi connectivity index (χ2v) is 5.35. The van der Waals surface area contributed by atoms with Gasteiger partial charge in [-0.3, -0.25) is 4.79 Å². The molecule has 84 valence electrons. The first-order valence-corrected chi connectivity index (χ1v) is 5.96. The molecule has 2 atom stereocenters. The van der Waals surface area contributed by atoms with E-state index < -0.39 is 0 Å². The molecule has 3 nitrogen and oxygen atoms in total. The fourth-order valence-electron chi connectivity index (χ4n) is 3.71. The van der Waals surface area contributed by atoms with Crippen LogP contribution in [0.15, 0.2) is 0 Å². The van der Waals surface area contributed by atoms with Gasteiger partial charge >= 0.3 is 0 Å². The fourth-order valence-corrected chi connectivity index (χ4v) is 3.71. The molecule has 3 heteroatoms. The van der Waals surface area contributed by atoms with Crippen LogP contribution in [0.4, 0.5) is 0 Å². The Hall–Kier alpha value is -0.410. The van der Waals surface area contributed by atoms with Crippen LogP contribution in [0.3, 0.4) is 0 Å². The Labute approximate surface area is 90.1 Å². The van der Waals surface area contributed by atoms with Crippen molar-refractivity contribution in [3.63, 3.8) is 0 Å². The molecule has 3 fully saturated rings. The number of fused-ring (bicyclic) bond motifs is 2. The summed E-state index contributed by atoms with van der Waals surface area (Å²) < 4.78 is 11.8. The highest BCUT2D eigenvalue weighted by Gasteiger charge is 2.62. The van der Waals surface area contributed by atoms with Crippen molar-refractivity contribution < 1.29 is 14.3 Å². The van der Waals surface area contributed by atoms with E-state index in [4.69, 9.17) is 9.47 Å². The molecule has 1 saturated heterocycles. The Balaban J connectivity index is 1.92. The predicted molar refractivity (Wildman–Crippen MR) is 54.3 cm³/mol. The van der Waals surface area contributed by atoms with Crippen molar-refractivity contribution in [1.29, 1.82) is 0 Å². The Bertz CT molecular complexity index is 293. The Morgan fingerprint density at radius 1 is 1.27 bits per heavy atom. The largest absolute Gasteiger partial charge is 0.347 e. The van der Waals surface area contributed by atoms with Gasteiger partial charge in [0.25, 0.3) is 0 Å². The zero-order chi connectivity index (χ0) is 10.5. The Morgan fingerprint density at radius 3 is 2.73 bits per heavy atom. The summed E-state index contributed by atoms with van der Waals surface area (Å²) in [6.45, 7) is 3.69. The molecule has 1 heterocycles. The minimum atomic E-state index is -0.349. The van der Waals surface area contributed by atoms with Gasteiger partial charge in [0.2, 0.25) is 0 Å². The molecule has 0 N–H and O–H groups in total. The van der Waals surface area contributed by atoms with E-state index in [1.807, 2.05) is 0 Å².